The minimum atomic E-state index is 0.0474. The van der Waals surface area contributed by atoms with Gasteiger partial charge in [0.15, 0.2) is 5.13 Å². The van der Waals surface area contributed by atoms with Crippen molar-refractivity contribution in [2.24, 2.45) is 0 Å². The number of nitrogens with one attached hydrogen (secondary N) is 1. The lowest BCUT2D eigenvalue weighted by molar-refractivity contribution is 0.0719. The van der Waals surface area contributed by atoms with Gasteiger partial charge in [-0.05, 0) is 38.0 Å². The number of methoxy groups -OCH3 is 1. The second kappa shape index (κ2) is 10.7. The van der Waals surface area contributed by atoms with Crippen LogP contribution in [0.25, 0.3) is 11.3 Å². The Morgan fingerprint density at radius 3 is 2.61 bits per heavy atom. The maximum atomic E-state index is 6.57. The van der Waals surface area contributed by atoms with Gasteiger partial charge in [0.05, 0.1) is 41.4 Å². The summed E-state index contributed by atoms with van der Waals surface area (Å²) in [6, 6.07) is 5.76. The fourth-order valence-electron chi connectivity index (χ4n) is 4.14. The lowest BCUT2D eigenvalue weighted by Gasteiger charge is -2.22. The molecule has 2 aromatic heterocycles. The third-order valence-corrected chi connectivity index (χ3v) is 6.95. The summed E-state index contributed by atoms with van der Waals surface area (Å²) in [6.45, 7) is 8.48. The number of nitrogens with zero attached hydrogens (tertiary/aromatic N) is 4. The van der Waals surface area contributed by atoms with Gasteiger partial charge < -0.3 is 19.7 Å². The number of halogens is 1. The van der Waals surface area contributed by atoms with Crippen molar-refractivity contribution in [1.29, 1.82) is 0 Å². The molecular formula is C24H30ClN5O2S. The van der Waals surface area contributed by atoms with Crippen molar-refractivity contribution in [2.75, 3.05) is 37.0 Å². The molecule has 0 aliphatic carbocycles. The third-order valence-electron chi connectivity index (χ3n) is 5.80. The van der Waals surface area contributed by atoms with Crippen molar-refractivity contribution in [3.63, 3.8) is 0 Å². The van der Waals surface area contributed by atoms with Crippen LogP contribution in [-0.2, 0) is 17.6 Å². The molecule has 1 aliphatic heterocycles. The Kier molecular flexibility index (Phi) is 7.67. The van der Waals surface area contributed by atoms with Gasteiger partial charge in [0.2, 0.25) is 0 Å². The molecule has 0 saturated carbocycles. The van der Waals surface area contributed by atoms with E-state index in [1.165, 1.54) is 0 Å². The predicted octanol–water partition coefficient (Wildman–Crippen LogP) is 5.09. The van der Waals surface area contributed by atoms with Gasteiger partial charge in [-0.2, -0.15) is 0 Å². The Balaban J connectivity index is 1.65. The van der Waals surface area contributed by atoms with Crippen LogP contribution in [0.15, 0.2) is 29.8 Å². The van der Waals surface area contributed by atoms with Crippen LogP contribution in [0.2, 0.25) is 5.02 Å². The predicted molar refractivity (Wildman–Crippen MR) is 135 cm³/mol. The molecule has 1 N–H and O–H groups in total. The van der Waals surface area contributed by atoms with Crippen molar-refractivity contribution >= 4 is 33.9 Å². The Morgan fingerprint density at radius 2 is 1.97 bits per heavy atom. The summed E-state index contributed by atoms with van der Waals surface area (Å²) in [5, 5.41) is 7.28. The van der Waals surface area contributed by atoms with Crippen LogP contribution >= 0.6 is 22.9 Å². The first kappa shape index (κ1) is 23.7. The standard InChI is InChI=1S/C24H30ClN5O2S/c1-5-18-22(16-9-8-15(31-4)12-17(16)25)27-19(6-2)23(28-18)29-20-13-30(14-21(20)32-7-3)24-26-10-11-33-24/h8-12,20-21H,5-7,13-14H2,1-4H3,(H,28,29)/t20-,21-/m1/s1. The van der Waals surface area contributed by atoms with E-state index in [2.05, 4.69) is 29.0 Å². The number of anilines is 2. The van der Waals surface area contributed by atoms with Gasteiger partial charge >= 0.3 is 0 Å². The summed E-state index contributed by atoms with van der Waals surface area (Å²) >= 11 is 8.22. The second-order valence-electron chi connectivity index (χ2n) is 7.83. The lowest BCUT2D eigenvalue weighted by Crippen LogP contribution is -2.35. The Bertz CT molecular complexity index is 1080. The summed E-state index contributed by atoms with van der Waals surface area (Å²) in [5.41, 5.74) is 3.51. The van der Waals surface area contributed by atoms with Crippen LogP contribution in [-0.4, -0.2) is 53.9 Å². The van der Waals surface area contributed by atoms with Crippen molar-refractivity contribution < 1.29 is 9.47 Å². The molecule has 0 bridgehead atoms. The Labute approximate surface area is 204 Å². The van der Waals surface area contributed by atoms with Crippen LogP contribution in [0.1, 0.15) is 32.2 Å². The van der Waals surface area contributed by atoms with Crippen LogP contribution in [0.5, 0.6) is 5.75 Å². The molecule has 0 amide bonds. The van der Waals surface area contributed by atoms with Crippen LogP contribution < -0.4 is 15.0 Å². The quantitative estimate of drug-likeness (QED) is 0.450. The molecule has 7 nitrogen and oxygen atoms in total. The lowest BCUT2D eigenvalue weighted by atomic mass is 10.1. The molecule has 0 unspecified atom stereocenters. The molecule has 3 aromatic rings. The zero-order chi connectivity index (χ0) is 23.4. The summed E-state index contributed by atoms with van der Waals surface area (Å²) in [7, 11) is 1.63. The molecule has 0 spiro atoms. The Morgan fingerprint density at radius 1 is 1.15 bits per heavy atom. The number of rotatable bonds is 9. The molecule has 176 valence electrons. The number of hydrogen-bond donors (Lipinski definition) is 1. The zero-order valence-electron chi connectivity index (χ0n) is 19.5. The average Bonchev–Trinajstić information content (AvgIpc) is 3.49. The normalized spacial score (nSPS) is 18.0. The van der Waals surface area contributed by atoms with E-state index in [0.29, 0.717) is 11.6 Å². The monoisotopic (exact) mass is 487 g/mol. The highest BCUT2D eigenvalue weighted by Crippen LogP contribution is 2.34. The first-order valence-electron chi connectivity index (χ1n) is 11.3. The second-order valence-corrected chi connectivity index (χ2v) is 9.11. The molecule has 1 fully saturated rings. The molecule has 0 radical (unpaired) electrons. The van der Waals surface area contributed by atoms with Gasteiger partial charge in [-0.25, -0.2) is 15.0 Å². The van der Waals surface area contributed by atoms with E-state index in [1.54, 1.807) is 18.4 Å². The summed E-state index contributed by atoms with van der Waals surface area (Å²) in [5.74, 6) is 1.54. The molecule has 9 heteroatoms. The van der Waals surface area contributed by atoms with Crippen molar-refractivity contribution in [3.05, 3.63) is 46.2 Å². The van der Waals surface area contributed by atoms with E-state index < -0.39 is 0 Å². The number of hydrogen-bond acceptors (Lipinski definition) is 8. The largest absolute Gasteiger partial charge is 0.497 e. The van der Waals surface area contributed by atoms with Gasteiger partial charge in [0.1, 0.15) is 11.6 Å². The van der Waals surface area contributed by atoms with Crippen molar-refractivity contribution in [3.8, 4) is 17.0 Å². The van der Waals surface area contributed by atoms with Gasteiger partial charge in [0, 0.05) is 36.8 Å². The topological polar surface area (TPSA) is 72.4 Å². The fourth-order valence-corrected chi connectivity index (χ4v) is 5.07. The highest BCUT2D eigenvalue weighted by molar-refractivity contribution is 7.13. The molecule has 2 atom stereocenters. The van der Waals surface area contributed by atoms with E-state index in [1.807, 2.05) is 36.7 Å². The Hall–Kier alpha value is -2.42. The molecule has 1 aromatic carbocycles. The highest BCUT2D eigenvalue weighted by atomic mass is 35.5. The van der Waals surface area contributed by atoms with E-state index in [-0.39, 0.29) is 12.1 Å². The van der Waals surface area contributed by atoms with E-state index in [9.17, 15) is 0 Å². The maximum Gasteiger partial charge on any atom is 0.185 e. The molecular weight excluding hydrogens is 458 g/mol. The number of thiazole rings is 1. The van der Waals surface area contributed by atoms with Gasteiger partial charge in [-0.15, -0.1) is 11.3 Å². The zero-order valence-corrected chi connectivity index (χ0v) is 21.0. The van der Waals surface area contributed by atoms with E-state index in [0.717, 1.165) is 65.3 Å². The first-order valence-corrected chi connectivity index (χ1v) is 12.6. The average molecular weight is 488 g/mol. The van der Waals surface area contributed by atoms with E-state index in [4.69, 9.17) is 31.0 Å². The van der Waals surface area contributed by atoms with Crippen molar-refractivity contribution in [2.45, 2.75) is 45.8 Å². The molecule has 33 heavy (non-hydrogen) atoms. The van der Waals surface area contributed by atoms with Crippen LogP contribution in [0, 0.1) is 0 Å². The number of ether oxygens (including phenoxy) is 2. The fraction of sp³-hybridized carbons (Fsp3) is 0.458. The van der Waals surface area contributed by atoms with Gasteiger partial charge in [-0.3, -0.25) is 0 Å². The molecule has 4 rings (SSSR count). The van der Waals surface area contributed by atoms with Gasteiger partial charge in [-0.1, -0.05) is 25.4 Å². The smallest absolute Gasteiger partial charge is 0.185 e. The summed E-state index contributed by atoms with van der Waals surface area (Å²) in [4.78, 5) is 16.8. The van der Waals surface area contributed by atoms with Gasteiger partial charge in [0.25, 0.3) is 0 Å². The third kappa shape index (κ3) is 5.08. The first-order chi connectivity index (χ1) is 16.1. The minimum Gasteiger partial charge on any atom is -0.497 e. The molecule has 1 aliphatic rings. The SMILES string of the molecule is CCO[C@@H]1CN(c2nccs2)C[C@H]1Nc1nc(CC)c(-c2ccc(OC)cc2Cl)nc1CC. The van der Waals surface area contributed by atoms with Crippen LogP contribution in [0.4, 0.5) is 10.9 Å². The highest BCUT2D eigenvalue weighted by Gasteiger charge is 2.35. The number of aromatic nitrogens is 3. The summed E-state index contributed by atoms with van der Waals surface area (Å²) in [6.07, 6.45) is 3.38. The summed E-state index contributed by atoms with van der Waals surface area (Å²) < 4.78 is 11.4. The molecule has 1 saturated heterocycles. The number of benzene rings is 1. The maximum absolute atomic E-state index is 6.57. The van der Waals surface area contributed by atoms with Crippen molar-refractivity contribution in [1.82, 2.24) is 15.0 Å². The molecule has 3 heterocycles. The van der Waals surface area contributed by atoms with E-state index >= 15 is 0 Å². The number of aryl methyl sites for hydroxylation is 2. The minimum absolute atomic E-state index is 0.0474. The van der Waals surface area contributed by atoms with Crippen LogP contribution in [0.3, 0.4) is 0 Å².